The Morgan fingerprint density at radius 1 is 1.09 bits per heavy atom. The second kappa shape index (κ2) is 6.65. The van der Waals surface area contributed by atoms with Crippen LogP contribution in [-0.2, 0) is 4.74 Å². The Kier molecular flexibility index (Phi) is 4.42. The Morgan fingerprint density at radius 2 is 1.82 bits per heavy atom. The van der Waals surface area contributed by atoms with E-state index in [1.54, 1.807) is 0 Å². The maximum atomic E-state index is 12.3. The highest BCUT2D eigenvalue weighted by molar-refractivity contribution is 5.91. The standard InChI is InChI=1S/C19H21NO2/c1-15-8-5-6-12-18(15)19(21)22-17-11-7-13-20(14-17)16-9-3-2-4-10-16/h2-6,8-10,12,17H,7,11,13-14H2,1H3. The highest BCUT2D eigenvalue weighted by Crippen LogP contribution is 2.22. The van der Waals surface area contributed by atoms with Gasteiger partial charge in [-0.25, -0.2) is 4.79 Å². The molecular weight excluding hydrogens is 274 g/mol. The van der Waals surface area contributed by atoms with E-state index in [9.17, 15) is 4.79 Å². The molecule has 2 aromatic rings. The number of benzene rings is 2. The molecule has 3 nitrogen and oxygen atoms in total. The van der Waals surface area contributed by atoms with E-state index in [4.69, 9.17) is 4.74 Å². The fourth-order valence-corrected chi connectivity index (χ4v) is 2.92. The monoisotopic (exact) mass is 295 g/mol. The highest BCUT2D eigenvalue weighted by Gasteiger charge is 2.24. The van der Waals surface area contributed by atoms with Gasteiger partial charge in [-0.05, 0) is 43.5 Å². The van der Waals surface area contributed by atoms with E-state index < -0.39 is 0 Å². The van der Waals surface area contributed by atoms with Crippen LogP contribution in [0, 0.1) is 6.92 Å². The normalized spacial score (nSPS) is 18.0. The van der Waals surface area contributed by atoms with Crippen molar-refractivity contribution in [2.45, 2.75) is 25.9 Å². The van der Waals surface area contributed by atoms with E-state index in [2.05, 4.69) is 17.0 Å². The molecule has 1 aliphatic heterocycles. The summed E-state index contributed by atoms with van der Waals surface area (Å²) in [6.45, 7) is 3.72. The molecule has 0 saturated carbocycles. The van der Waals surface area contributed by atoms with E-state index in [1.165, 1.54) is 5.69 Å². The molecule has 1 heterocycles. The van der Waals surface area contributed by atoms with Crippen LogP contribution in [0.3, 0.4) is 0 Å². The summed E-state index contributed by atoms with van der Waals surface area (Å²) >= 11 is 0. The summed E-state index contributed by atoms with van der Waals surface area (Å²) in [7, 11) is 0. The first-order valence-electron chi connectivity index (χ1n) is 7.80. The zero-order valence-corrected chi connectivity index (χ0v) is 12.9. The van der Waals surface area contributed by atoms with Crippen molar-refractivity contribution < 1.29 is 9.53 Å². The van der Waals surface area contributed by atoms with Crippen molar-refractivity contribution in [3.8, 4) is 0 Å². The first kappa shape index (κ1) is 14.6. The van der Waals surface area contributed by atoms with Gasteiger partial charge in [-0.1, -0.05) is 36.4 Å². The van der Waals surface area contributed by atoms with Gasteiger partial charge in [-0.3, -0.25) is 0 Å². The van der Waals surface area contributed by atoms with Crippen molar-refractivity contribution in [3.63, 3.8) is 0 Å². The smallest absolute Gasteiger partial charge is 0.338 e. The molecule has 1 fully saturated rings. The number of piperidine rings is 1. The average molecular weight is 295 g/mol. The lowest BCUT2D eigenvalue weighted by Gasteiger charge is -2.34. The van der Waals surface area contributed by atoms with Crippen molar-refractivity contribution in [3.05, 3.63) is 65.7 Å². The van der Waals surface area contributed by atoms with E-state index >= 15 is 0 Å². The second-order valence-electron chi connectivity index (χ2n) is 5.77. The fourth-order valence-electron chi connectivity index (χ4n) is 2.92. The summed E-state index contributed by atoms with van der Waals surface area (Å²) in [4.78, 5) is 14.6. The minimum absolute atomic E-state index is 0.0407. The van der Waals surface area contributed by atoms with Gasteiger partial charge in [0.05, 0.1) is 12.1 Å². The Labute approximate surface area is 131 Å². The average Bonchev–Trinajstić information content (AvgIpc) is 2.56. The van der Waals surface area contributed by atoms with E-state index in [0.717, 1.165) is 31.5 Å². The maximum absolute atomic E-state index is 12.3. The molecule has 0 bridgehead atoms. The van der Waals surface area contributed by atoms with Crippen molar-refractivity contribution >= 4 is 11.7 Å². The van der Waals surface area contributed by atoms with Gasteiger partial charge in [0.25, 0.3) is 0 Å². The minimum atomic E-state index is -0.210. The van der Waals surface area contributed by atoms with Crippen LogP contribution in [0.5, 0.6) is 0 Å². The molecular formula is C19H21NO2. The van der Waals surface area contributed by atoms with Crippen LogP contribution < -0.4 is 4.90 Å². The molecule has 0 N–H and O–H groups in total. The summed E-state index contributed by atoms with van der Waals surface area (Å²) in [5, 5.41) is 0. The molecule has 3 rings (SSSR count). The van der Waals surface area contributed by atoms with Gasteiger partial charge < -0.3 is 9.64 Å². The molecule has 0 radical (unpaired) electrons. The van der Waals surface area contributed by atoms with Gasteiger partial charge in [-0.2, -0.15) is 0 Å². The number of para-hydroxylation sites is 1. The maximum Gasteiger partial charge on any atom is 0.338 e. The van der Waals surface area contributed by atoms with Crippen molar-refractivity contribution in [2.24, 2.45) is 0 Å². The number of anilines is 1. The first-order valence-corrected chi connectivity index (χ1v) is 7.80. The summed E-state index contributed by atoms with van der Waals surface area (Å²) in [6.07, 6.45) is 1.93. The molecule has 0 spiro atoms. The van der Waals surface area contributed by atoms with Crippen LogP contribution in [0.25, 0.3) is 0 Å². The number of ether oxygens (including phenoxy) is 1. The summed E-state index contributed by atoms with van der Waals surface area (Å²) in [5.41, 5.74) is 2.82. The SMILES string of the molecule is Cc1ccccc1C(=O)OC1CCCN(c2ccccc2)C1. The van der Waals surface area contributed by atoms with Gasteiger partial charge in [0.2, 0.25) is 0 Å². The molecule has 1 atom stereocenters. The second-order valence-corrected chi connectivity index (χ2v) is 5.77. The van der Waals surface area contributed by atoms with Crippen molar-refractivity contribution in [1.29, 1.82) is 0 Å². The van der Waals surface area contributed by atoms with Crippen LogP contribution in [0.4, 0.5) is 5.69 Å². The van der Waals surface area contributed by atoms with Gasteiger partial charge in [0, 0.05) is 12.2 Å². The van der Waals surface area contributed by atoms with Crippen LogP contribution in [0.15, 0.2) is 54.6 Å². The molecule has 114 valence electrons. The quantitative estimate of drug-likeness (QED) is 0.806. The van der Waals surface area contributed by atoms with E-state index in [1.807, 2.05) is 49.4 Å². The number of aryl methyl sites for hydroxylation is 1. The van der Waals surface area contributed by atoms with Gasteiger partial charge >= 0.3 is 5.97 Å². The molecule has 22 heavy (non-hydrogen) atoms. The zero-order chi connectivity index (χ0) is 15.4. The topological polar surface area (TPSA) is 29.5 Å². The molecule has 1 saturated heterocycles. The third kappa shape index (κ3) is 3.30. The lowest BCUT2D eigenvalue weighted by Crippen LogP contribution is -2.40. The van der Waals surface area contributed by atoms with E-state index in [0.29, 0.717) is 5.56 Å². The Balaban J connectivity index is 1.66. The summed E-state index contributed by atoms with van der Waals surface area (Å²) in [5.74, 6) is -0.210. The van der Waals surface area contributed by atoms with Gasteiger partial charge in [-0.15, -0.1) is 0 Å². The van der Waals surface area contributed by atoms with Crippen LogP contribution in [-0.4, -0.2) is 25.2 Å². The number of carbonyl (C=O) groups excluding carboxylic acids is 1. The number of nitrogens with zero attached hydrogens (tertiary/aromatic N) is 1. The number of esters is 1. The van der Waals surface area contributed by atoms with Crippen LogP contribution in [0.2, 0.25) is 0 Å². The molecule has 1 unspecified atom stereocenters. The minimum Gasteiger partial charge on any atom is -0.457 e. The summed E-state index contributed by atoms with van der Waals surface area (Å²) < 4.78 is 5.73. The molecule has 0 amide bonds. The lowest BCUT2D eigenvalue weighted by molar-refractivity contribution is 0.0269. The Morgan fingerprint density at radius 3 is 2.59 bits per heavy atom. The molecule has 0 aromatic heterocycles. The third-order valence-electron chi connectivity index (χ3n) is 4.14. The third-order valence-corrected chi connectivity index (χ3v) is 4.14. The highest BCUT2D eigenvalue weighted by atomic mass is 16.5. The predicted molar refractivity (Wildman–Crippen MR) is 88.3 cm³/mol. The lowest BCUT2D eigenvalue weighted by atomic mass is 10.1. The molecule has 0 aliphatic carbocycles. The Bertz CT molecular complexity index is 639. The predicted octanol–water partition coefficient (Wildman–Crippen LogP) is 3.82. The number of rotatable bonds is 3. The zero-order valence-electron chi connectivity index (χ0n) is 12.9. The van der Waals surface area contributed by atoms with E-state index in [-0.39, 0.29) is 12.1 Å². The largest absolute Gasteiger partial charge is 0.457 e. The van der Waals surface area contributed by atoms with Gasteiger partial charge in [0.1, 0.15) is 6.10 Å². The molecule has 2 aromatic carbocycles. The van der Waals surface area contributed by atoms with Crippen LogP contribution in [0.1, 0.15) is 28.8 Å². The molecule has 1 aliphatic rings. The molecule has 3 heteroatoms. The Hall–Kier alpha value is -2.29. The number of hydrogen-bond donors (Lipinski definition) is 0. The van der Waals surface area contributed by atoms with Crippen LogP contribution >= 0.6 is 0 Å². The summed E-state index contributed by atoms with van der Waals surface area (Å²) in [6, 6.07) is 17.9. The number of hydrogen-bond acceptors (Lipinski definition) is 3. The van der Waals surface area contributed by atoms with Crippen molar-refractivity contribution in [1.82, 2.24) is 0 Å². The fraction of sp³-hybridized carbons (Fsp3) is 0.316. The number of carbonyl (C=O) groups is 1. The van der Waals surface area contributed by atoms with Gasteiger partial charge in [0.15, 0.2) is 0 Å². The van der Waals surface area contributed by atoms with Crippen molar-refractivity contribution in [2.75, 3.05) is 18.0 Å². The first-order chi connectivity index (χ1) is 10.7.